The van der Waals surface area contributed by atoms with Crippen molar-refractivity contribution >= 4 is 61.0 Å². The maximum absolute atomic E-state index is 12.2. The topological polar surface area (TPSA) is 90.9 Å². The highest BCUT2D eigenvalue weighted by Gasteiger charge is 2.26. The highest BCUT2D eigenvalue weighted by atomic mass is 79.9. The third kappa shape index (κ3) is 9.81. The average Bonchev–Trinajstić information content (AvgIpc) is 2.76. The quantitative estimate of drug-likeness (QED) is 0.362. The minimum absolute atomic E-state index is 0. The Kier molecular flexibility index (Phi) is 10.6. The molecule has 0 radical (unpaired) electrons. The molecule has 0 bridgehead atoms. The maximum atomic E-state index is 12.2. The summed E-state index contributed by atoms with van der Waals surface area (Å²) in [6.45, 7) is 5.56. The summed E-state index contributed by atoms with van der Waals surface area (Å²) in [5.41, 5.74) is 1.82. The van der Waals surface area contributed by atoms with Crippen LogP contribution in [0.3, 0.4) is 0 Å². The van der Waals surface area contributed by atoms with Gasteiger partial charge in [0.2, 0.25) is 0 Å². The van der Waals surface area contributed by atoms with Gasteiger partial charge in [0.15, 0.2) is 0 Å². The minimum Gasteiger partial charge on any atom is -0.489 e. The largest absolute Gasteiger partial charge is 0.489 e. The molecule has 3 aromatic rings. The fourth-order valence-corrected chi connectivity index (χ4v) is 4.28. The van der Waals surface area contributed by atoms with E-state index in [1.54, 1.807) is 32.9 Å². The molecule has 0 aliphatic heterocycles. The van der Waals surface area contributed by atoms with Gasteiger partial charge in [-0.2, -0.15) is 8.42 Å². The standard InChI is InChI=1S/C25H26BrNO6S.Mg.2H/c1-25(2,3)33-34(29,30)32-24(28)19-9-12-22(13-10-19)27-16-20-15-21(26)11-14-23(20)31-17-18-7-5-4-6-8-18;;;/h4-15,27H,16-17H2,1-3H3;;;. The Morgan fingerprint density at radius 1 is 0.971 bits per heavy atom. The lowest BCUT2D eigenvalue weighted by molar-refractivity contribution is 0.0635. The molecule has 7 nitrogen and oxygen atoms in total. The van der Waals surface area contributed by atoms with E-state index in [1.165, 1.54) is 12.1 Å². The summed E-state index contributed by atoms with van der Waals surface area (Å²) in [4.78, 5) is 12.2. The van der Waals surface area contributed by atoms with Crippen LogP contribution in [0, 0.1) is 0 Å². The van der Waals surface area contributed by atoms with Crippen molar-refractivity contribution in [3.8, 4) is 5.75 Å². The normalized spacial score (nSPS) is 11.3. The number of hydrogen-bond acceptors (Lipinski definition) is 7. The van der Waals surface area contributed by atoms with Crippen molar-refractivity contribution in [3.05, 3.63) is 94.0 Å². The van der Waals surface area contributed by atoms with Gasteiger partial charge in [0, 0.05) is 22.3 Å². The lowest BCUT2D eigenvalue weighted by Gasteiger charge is -2.17. The Balaban J connectivity index is 0.00000432. The molecule has 10 heteroatoms. The van der Waals surface area contributed by atoms with Crippen molar-refractivity contribution in [1.29, 1.82) is 0 Å². The summed E-state index contributed by atoms with van der Waals surface area (Å²) >= 11 is 3.49. The Morgan fingerprint density at radius 2 is 1.63 bits per heavy atom. The first-order chi connectivity index (χ1) is 16.0. The van der Waals surface area contributed by atoms with Gasteiger partial charge in [0.1, 0.15) is 12.4 Å². The van der Waals surface area contributed by atoms with E-state index >= 15 is 0 Å². The van der Waals surface area contributed by atoms with E-state index in [1.807, 2.05) is 48.5 Å². The number of ether oxygens (including phenoxy) is 1. The van der Waals surface area contributed by atoms with Gasteiger partial charge in [0.25, 0.3) is 0 Å². The predicted molar refractivity (Wildman–Crippen MR) is 142 cm³/mol. The van der Waals surface area contributed by atoms with E-state index in [0.717, 1.165) is 27.0 Å². The molecule has 3 rings (SSSR count). The Morgan fingerprint density at radius 3 is 2.26 bits per heavy atom. The Hall–Kier alpha value is -2.11. The van der Waals surface area contributed by atoms with Gasteiger partial charge in [-0.15, -0.1) is 0 Å². The zero-order valence-electron chi connectivity index (χ0n) is 19.1. The number of carbonyl (C=O) groups is 1. The third-order valence-electron chi connectivity index (χ3n) is 4.39. The van der Waals surface area contributed by atoms with Crippen LogP contribution in [0.5, 0.6) is 5.75 Å². The minimum atomic E-state index is -4.46. The van der Waals surface area contributed by atoms with E-state index in [-0.39, 0.29) is 28.6 Å². The SMILES string of the molecule is CC(C)(C)OS(=O)(=O)OC(=O)c1ccc(NCc2cc(Br)ccc2OCc2ccccc2)cc1.[MgH2]. The Bertz CT molecular complexity index is 1230. The van der Waals surface area contributed by atoms with Crippen molar-refractivity contribution in [3.63, 3.8) is 0 Å². The molecule has 0 spiro atoms. The van der Waals surface area contributed by atoms with Crippen molar-refractivity contribution < 1.29 is 26.3 Å². The molecule has 0 atom stereocenters. The van der Waals surface area contributed by atoms with Crippen molar-refractivity contribution in [2.45, 2.75) is 39.5 Å². The van der Waals surface area contributed by atoms with Crippen LogP contribution in [0.2, 0.25) is 0 Å². The van der Waals surface area contributed by atoms with Gasteiger partial charge in [-0.1, -0.05) is 46.3 Å². The molecule has 3 aromatic carbocycles. The molecule has 0 aliphatic carbocycles. The number of rotatable bonds is 9. The molecule has 0 heterocycles. The van der Waals surface area contributed by atoms with E-state index in [2.05, 4.69) is 25.4 Å². The lowest BCUT2D eigenvalue weighted by atomic mass is 10.1. The van der Waals surface area contributed by atoms with E-state index in [4.69, 9.17) is 8.92 Å². The Labute approximate surface area is 230 Å². The van der Waals surface area contributed by atoms with Gasteiger partial charge in [-0.05, 0) is 68.8 Å². The average molecular weight is 575 g/mol. The maximum Gasteiger partial charge on any atom is 0.452 e. The van der Waals surface area contributed by atoms with Crippen LogP contribution >= 0.6 is 15.9 Å². The molecular weight excluding hydrogens is 547 g/mol. The first kappa shape index (κ1) is 29.1. The van der Waals surface area contributed by atoms with Gasteiger partial charge >= 0.3 is 39.4 Å². The molecule has 1 N–H and O–H groups in total. The highest BCUT2D eigenvalue weighted by molar-refractivity contribution is 9.10. The first-order valence-corrected chi connectivity index (χ1v) is 12.6. The highest BCUT2D eigenvalue weighted by Crippen LogP contribution is 2.25. The molecule has 0 fully saturated rings. The third-order valence-corrected chi connectivity index (χ3v) is 5.95. The van der Waals surface area contributed by atoms with Gasteiger partial charge in [-0.25, -0.2) is 8.98 Å². The van der Waals surface area contributed by atoms with Crippen LogP contribution < -0.4 is 10.1 Å². The fraction of sp³-hybridized carbons (Fsp3) is 0.240. The second kappa shape index (κ2) is 12.7. The predicted octanol–water partition coefficient (Wildman–Crippen LogP) is 4.94. The second-order valence-electron chi connectivity index (χ2n) is 8.43. The molecule has 0 saturated carbocycles. The molecule has 184 valence electrons. The molecule has 0 saturated heterocycles. The molecule has 35 heavy (non-hydrogen) atoms. The summed E-state index contributed by atoms with van der Waals surface area (Å²) in [5, 5.41) is 3.28. The van der Waals surface area contributed by atoms with Gasteiger partial charge < -0.3 is 14.2 Å². The monoisotopic (exact) mass is 573 g/mol. The van der Waals surface area contributed by atoms with Crippen molar-refractivity contribution in [2.75, 3.05) is 5.32 Å². The molecule has 0 unspecified atom stereocenters. The van der Waals surface area contributed by atoms with Crippen molar-refractivity contribution in [1.82, 2.24) is 0 Å². The number of carbonyl (C=O) groups excluding carboxylic acids is 1. The summed E-state index contributed by atoms with van der Waals surface area (Å²) in [7, 11) is -4.46. The summed E-state index contributed by atoms with van der Waals surface area (Å²) < 4.78 is 40.0. The van der Waals surface area contributed by atoms with E-state index in [0.29, 0.717) is 13.2 Å². The molecular formula is C25H28BrMgNO6S. The van der Waals surface area contributed by atoms with Crippen LogP contribution in [0.15, 0.2) is 77.3 Å². The summed E-state index contributed by atoms with van der Waals surface area (Å²) in [6, 6.07) is 22.0. The van der Waals surface area contributed by atoms with Crippen LogP contribution in [-0.4, -0.2) is 43.0 Å². The second-order valence-corrected chi connectivity index (χ2v) is 10.5. The van der Waals surface area contributed by atoms with Crippen LogP contribution in [0.25, 0.3) is 0 Å². The van der Waals surface area contributed by atoms with Crippen molar-refractivity contribution in [2.24, 2.45) is 0 Å². The van der Waals surface area contributed by atoms with Gasteiger partial charge in [0.05, 0.1) is 11.2 Å². The summed E-state index contributed by atoms with van der Waals surface area (Å²) in [6.07, 6.45) is 0. The van der Waals surface area contributed by atoms with Crippen LogP contribution in [-0.2, 0) is 31.9 Å². The van der Waals surface area contributed by atoms with E-state index in [9.17, 15) is 13.2 Å². The number of halogens is 1. The number of nitrogens with one attached hydrogen (secondary N) is 1. The zero-order chi connectivity index (χ0) is 24.8. The van der Waals surface area contributed by atoms with Gasteiger partial charge in [-0.3, -0.25) is 0 Å². The smallest absolute Gasteiger partial charge is 0.452 e. The fourth-order valence-electron chi connectivity index (χ4n) is 2.95. The van der Waals surface area contributed by atoms with Crippen LogP contribution in [0.1, 0.15) is 42.3 Å². The number of anilines is 1. The number of hydrogen-bond donors (Lipinski definition) is 1. The molecule has 0 aromatic heterocycles. The molecule has 0 aliphatic rings. The van der Waals surface area contributed by atoms with Crippen LogP contribution in [0.4, 0.5) is 5.69 Å². The summed E-state index contributed by atoms with van der Waals surface area (Å²) in [5.74, 6) is -0.261. The molecule has 0 amide bonds. The number of benzene rings is 3. The first-order valence-electron chi connectivity index (χ1n) is 10.5. The lowest BCUT2D eigenvalue weighted by Crippen LogP contribution is -2.27. The van der Waals surface area contributed by atoms with E-state index < -0.39 is 22.0 Å². The zero-order valence-corrected chi connectivity index (χ0v) is 21.5.